The number of nitrogens with zero attached hydrogens (tertiary/aromatic N) is 2. The fourth-order valence-electron chi connectivity index (χ4n) is 2.19. The van der Waals surface area contributed by atoms with Crippen molar-refractivity contribution in [2.45, 2.75) is 6.54 Å². The largest absolute Gasteiger partial charge is 0.375 e. The second kappa shape index (κ2) is 5.89. The number of likely N-dealkylation sites (N-methyl/N-ethyl adjacent to an activating group) is 1. The zero-order valence-electron chi connectivity index (χ0n) is 11.8. The third kappa shape index (κ3) is 3.35. The molecule has 4 heteroatoms. The Hall–Kier alpha value is -1.81. The highest BCUT2D eigenvalue weighted by atomic mass is 16.1. The van der Waals surface area contributed by atoms with E-state index in [9.17, 15) is 4.79 Å². The zero-order valence-corrected chi connectivity index (χ0v) is 11.8. The minimum Gasteiger partial charge on any atom is -0.375 e. The summed E-state index contributed by atoms with van der Waals surface area (Å²) in [5.41, 5.74) is 3.00. The Morgan fingerprint density at radius 2 is 2.11 bits per heavy atom. The van der Waals surface area contributed by atoms with Gasteiger partial charge in [0.2, 0.25) is 0 Å². The van der Waals surface area contributed by atoms with Crippen LogP contribution in [0.2, 0.25) is 0 Å². The van der Waals surface area contributed by atoms with E-state index in [4.69, 9.17) is 0 Å². The van der Waals surface area contributed by atoms with Crippen LogP contribution in [0.1, 0.15) is 11.1 Å². The van der Waals surface area contributed by atoms with Crippen molar-refractivity contribution >= 4 is 11.5 Å². The topological polar surface area (TPSA) is 35.6 Å². The van der Waals surface area contributed by atoms with Crippen LogP contribution in [0.5, 0.6) is 0 Å². The summed E-state index contributed by atoms with van der Waals surface area (Å²) in [5.74, 6) is 0.000787. The maximum Gasteiger partial charge on any atom is 0.253 e. The summed E-state index contributed by atoms with van der Waals surface area (Å²) in [6, 6.07) is 8.08. The lowest BCUT2D eigenvalue weighted by Gasteiger charge is -2.25. The van der Waals surface area contributed by atoms with E-state index < -0.39 is 0 Å². The molecule has 0 atom stereocenters. The van der Waals surface area contributed by atoms with Gasteiger partial charge in [0.1, 0.15) is 0 Å². The Morgan fingerprint density at radius 3 is 2.84 bits per heavy atom. The number of nitrogens with one attached hydrogen (secondary N) is 1. The molecular formula is C15H21N3O. The van der Waals surface area contributed by atoms with Gasteiger partial charge in [-0.2, -0.15) is 0 Å². The van der Waals surface area contributed by atoms with Gasteiger partial charge in [-0.3, -0.25) is 4.79 Å². The van der Waals surface area contributed by atoms with Gasteiger partial charge >= 0.3 is 0 Å². The molecule has 0 spiro atoms. The Labute approximate surface area is 114 Å². The summed E-state index contributed by atoms with van der Waals surface area (Å²) in [7, 11) is 5.98. The van der Waals surface area contributed by atoms with E-state index in [0.29, 0.717) is 6.54 Å². The summed E-state index contributed by atoms with van der Waals surface area (Å²) >= 11 is 0. The van der Waals surface area contributed by atoms with Crippen LogP contribution in [-0.4, -0.2) is 49.9 Å². The highest BCUT2D eigenvalue weighted by molar-refractivity contribution is 6.20. The third-order valence-corrected chi connectivity index (χ3v) is 3.17. The molecule has 1 heterocycles. The van der Waals surface area contributed by atoms with Crippen molar-refractivity contribution in [1.82, 2.24) is 15.1 Å². The summed E-state index contributed by atoms with van der Waals surface area (Å²) < 4.78 is 0. The fraction of sp³-hybridized carbons (Fsp3) is 0.400. The molecule has 1 aliphatic rings. The summed E-state index contributed by atoms with van der Waals surface area (Å²) in [5, 5.41) is 2.97. The molecule has 1 amide bonds. The Kier molecular flexibility index (Phi) is 4.22. The zero-order chi connectivity index (χ0) is 13.8. The van der Waals surface area contributed by atoms with Gasteiger partial charge in [-0.15, -0.1) is 0 Å². The minimum absolute atomic E-state index is 0.000787. The number of hydrogen-bond donors (Lipinski definition) is 1. The van der Waals surface area contributed by atoms with Gasteiger partial charge in [0, 0.05) is 32.9 Å². The lowest BCUT2D eigenvalue weighted by atomic mass is 9.96. The van der Waals surface area contributed by atoms with E-state index in [2.05, 4.69) is 16.3 Å². The van der Waals surface area contributed by atoms with Crippen LogP contribution >= 0.6 is 0 Å². The van der Waals surface area contributed by atoms with Crippen molar-refractivity contribution < 1.29 is 4.79 Å². The number of carbonyl (C=O) groups excluding carboxylic acids is 1. The van der Waals surface area contributed by atoms with Crippen LogP contribution < -0.4 is 5.32 Å². The van der Waals surface area contributed by atoms with Crippen molar-refractivity contribution in [3.8, 4) is 0 Å². The van der Waals surface area contributed by atoms with Crippen molar-refractivity contribution in [3.63, 3.8) is 0 Å². The number of rotatable bonds is 4. The average molecular weight is 259 g/mol. The molecule has 1 aromatic carbocycles. The van der Waals surface area contributed by atoms with Gasteiger partial charge < -0.3 is 15.1 Å². The molecule has 0 bridgehead atoms. The second-order valence-electron chi connectivity index (χ2n) is 5.17. The third-order valence-electron chi connectivity index (χ3n) is 3.17. The molecule has 0 aromatic heterocycles. The van der Waals surface area contributed by atoms with Gasteiger partial charge in [-0.05, 0) is 25.2 Å². The first-order chi connectivity index (χ1) is 9.08. The van der Waals surface area contributed by atoms with Crippen LogP contribution in [-0.2, 0) is 11.3 Å². The van der Waals surface area contributed by atoms with Gasteiger partial charge in [-0.25, -0.2) is 0 Å². The van der Waals surface area contributed by atoms with Crippen LogP contribution in [0.3, 0.4) is 0 Å². The Morgan fingerprint density at radius 1 is 1.37 bits per heavy atom. The first-order valence-electron chi connectivity index (χ1n) is 6.51. The maximum atomic E-state index is 12.3. The minimum atomic E-state index is 0.000787. The van der Waals surface area contributed by atoms with E-state index in [1.54, 1.807) is 0 Å². The van der Waals surface area contributed by atoms with Crippen molar-refractivity contribution in [3.05, 3.63) is 41.6 Å². The molecule has 1 N–H and O–H groups in total. The van der Waals surface area contributed by atoms with Gasteiger partial charge in [-0.1, -0.05) is 24.3 Å². The second-order valence-corrected chi connectivity index (χ2v) is 5.17. The molecular weight excluding hydrogens is 238 g/mol. The van der Waals surface area contributed by atoms with Crippen LogP contribution in [0, 0.1) is 0 Å². The number of benzene rings is 1. The first kappa shape index (κ1) is 13.6. The molecule has 2 rings (SSSR count). The summed E-state index contributed by atoms with van der Waals surface area (Å²) in [6.45, 7) is 2.36. The lowest BCUT2D eigenvalue weighted by molar-refractivity contribution is -0.115. The molecule has 1 aliphatic heterocycles. The van der Waals surface area contributed by atoms with E-state index in [0.717, 1.165) is 24.2 Å². The average Bonchev–Trinajstić information content (AvgIpc) is 2.37. The van der Waals surface area contributed by atoms with Crippen molar-refractivity contribution in [2.75, 3.05) is 34.2 Å². The van der Waals surface area contributed by atoms with Gasteiger partial charge in [0.15, 0.2) is 0 Å². The Bertz CT molecular complexity index is 494. The van der Waals surface area contributed by atoms with Crippen molar-refractivity contribution in [1.29, 1.82) is 0 Å². The Balaban J connectivity index is 2.12. The summed E-state index contributed by atoms with van der Waals surface area (Å²) in [6.07, 6.45) is 1.92. The van der Waals surface area contributed by atoms with E-state index >= 15 is 0 Å². The highest BCUT2D eigenvalue weighted by Crippen LogP contribution is 2.25. The molecule has 102 valence electrons. The first-order valence-corrected chi connectivity index (χ1v) is 6.51. The number of hydrogen-bond acceptors (Lipinski definition) is 3. The van der Waals surface area contributed by atoms with Crippen LogP contribution in [0.15, 0.2) is 30.5 Å². The molecule has 0 fully saturated rings. The normalized spacial score (nSPS) is 14.1. The number of carbonyl (C=O) groups is 1. The molecule has 0 saturated heterocycles. The highest BCUT2D eigenvalue weighted by Gasteiger charge is 2.19. The molecule has 0 saturated carbocycles. The standard InChI is InChI=1S/C15H21N3O/c1-17(2)9-8-16-15(19)14-11-18(3)10-12-6-4-5-7-13(12)14/h4-7,11H,8-10H2,1-3H3,(H,16,19). The van der Waals surface area contributed by atoms with Gasteiger partial charge in [0.05, 0.1) is 5.57 Å². The van der Waals surface area contributed by atoms with Gasteiger partial charge in [0.25, 0.3) is 5.91 Å². The monoisotopic (exact) mass is 259 g/mol. The SMILES string of the molecule is CN(C)CCNC(=O)C1=CN(C)Cc2ccccc21. The van der Waals surface area contributed by atoms with Crippen LogP contribution in [0.4, 0.5) is 0 Å². The molecule has 0 radical (unpaired) electrons. The maximum absolute atomic E-state index is 12.3. The summed E-state index contributed by atoms with van der Waals surface area (Å²) in [4.78, 5) is 16.4. The predicted molar refractivity (Wildman–Crippen MR) is 77.4 cm³/mol. The molecule has 0 aliphatic carbocycles. The lowest BCUT2D eigenvalue weighted by Crippen LogP contribution is -2.33. The van der Waals surface area contributed by atoms with E-state index in [1.807, 2.05) is 50.4 Å². The molecule has 4 nitrogen and oxygen atoms in total. The quantitative estimate of drug-likeness (QED) is 0.881. The van der Waals surface area contributed by atoms with E-state index in [-0.39, 0.29) is 5.91 Å². The smallest absolute Gasteiger partial charge is 0.253 e. The number of fused-ring (bicyclic) bond motifs is 1. The molecule has 0 unspecified atom stereocenters. The van der Waals surface area contributed by atoms with Crippen LogP contribution in [0.25, 0.3) is 5.57 Å². The van der Waals surface area contributed by atoms with Crippen molar-refractivity contribution in [2.24, 2.45) is 0 Å². The fourth-order valence-corrected chi connectivity index (χ4v) is 2.19. The molecule has 19 heavy (non-hydrogen) atoms. The van der Waals surface area contributed by atoms with E-state index in [1.165, 1.54) is 5.56 Å². The molecule has 1 aromatic rings. The predicted octanol–water partition coefficient (Wildman–Crippen LogP) is 1.15. The number of amides is 1.